The maximum Gasteiger partial charge on any atom is 0.330 e. The van der Waals surface area contributed by atoms with Crippen molar-refractivity contribution in [2.24, 2.45) is 0 Å². The fraction of sp³-hybridized carbons (Fsp3) is 0.316. The summed E-state index contributed by atoms with van der Waals surface area (Å²) in [5.74, 6) is 0.972. The van der Waals surface area contributed by atoms with E-state index in [2.05, 4.69) is 73.8 Å². The highest BCUT2D eigenvalue weighted by molar-refractivity contribution is 6.06. The van der Waals surface area contributed by atoms with Gasteiger partial charge in [-0.15, -0.1) is 0 Å². The summed E-state index contributed by atoms with van der Waals surface area (Å²) in [5.41, 5.74) is 2.31. The molecule has 0 saturated carbocycles. The summed E-state index contributed by atoms with van der Waals surface area (Å²) < 4.78 is 22.3. The molecule has 6 heteroatoms. The van der Waals surface area contributed by atoms with Gasteiger partial charge >= 0.3 is 11.9 Å². The van der Waals surface area contributed by atoms with Gasteiger partial charge in [-0.2, -0.15) is 0 Å². The largest absolute Gasteiger partial charge is 0.494 e. The number of hydrogen-bond donors (Lipinski definition) is 0. The van der Waals surface area contributed by atoms with Gasteiger partial charge in [0.25, 0.3) is 0 Å². The molecule has 0 spiro atoms. The molecule has 4 aromatic rings. The summed E-state index contributed by atoms with van der Waals surface area (Å²) in [5, 5.41) is 4.61. The van der Waals surface area contributed by atoms with Crippen molar-refractivity contribution in [2.45, 2.75) is 51.4 Å². The Morgan fingerprint density at radius 3 is 1.34 bits per heavy atom. The van der Waals surface area contributed by atoms with Gasteiger partial charge in [-0.05, 0) is 108 Å². The van der Waals surface area contributed by atoms with Crippen LogP contribution in [0.15, 0.2) is 98.1 Å². The summed E-state index contributed by atoms with van der Waals surface area (Å²) in [4.78, 5) is 22.2. The summed E-state index contributed by atoms with van der Waals surface area (Å²) in [6.07, 6.45) is 9.93. The minimum absolute atomic E-state index is 0.369. The maximum absolute atomic E-state index is 11.1. The van der Waals surface area contributed by atoms with Crippen LogP contribution in [-0.2, 0) is 19.1 Å². The topological polar surface area (TPSA) is 71.1 Å². The first kappa shape index (κ1) is 32.3. The second kappa shape index (κ2) is 17.5. The lowest BCUT2D eigenvalue weighted by molar-refractivity contribution is -0.138. The molecule has 6 nitrogen and oxygen atoms in total. The van der Waals surface area contributed by atoms with Gasteiger partial charge < -0.3 is 18.9 Å². The van der Waals surface area contributed by atoms with Crippen LogP contribution in [-0.4, -0.2) is 38.4 Å². The van der Waals surface area contributed by atoms with Gasteiger partial charge in [0.15, 0.2) is 0 Å². The minimum Gasteiger partial charge on any atom is -0.494 e. The molecular weight excluding hydrogens is 552 g/mol. The van der Waals surface area contributed by atoms with Crippen molar-refractivity contribution in [1.82, 2.24) is 0 Å². The van der Waals surface area contributed by atoms with Crippen LogP contribution in [0.1, 0.15) is 51.4 Å². The maximum atomic E-state index is 11.1. The third-order valence-electron chi connectivity index (χ3n) is 7.43. The Balaban J connectivity index is 1.36. The molecule has 0 saturated heterocycles. The molecule has 230 valence electrons. The molecule has 0 aliphatic rings. The highest BCUT2D eigenvalue weighted by Gasteiger charge is 2.10. The Morgan fingerprint density at radius 1 is 0.523 bits per heavy atom. The average Bonchev–Trinajstić information content (AvgIpc) is 3.06. The van der Waals surface area contributed by atoms with Crippen molar-refractivity contribution in [3.05, 3.63) is 98.1 Å². The van der Waals surface area contributed by atoms with Crippen molar-refractivity contribution < 1.29 is 28.5 Å². The molecule has 0 heterocycles. The third kappa shape index (κ3) is 9.73. The van der Waals surface area contributed by atoms with Gasteiger partial charge in [0.05, 0.1) is 26.4 Å². The van der Waals surface area contributed by atoms with Crippen molar-refractivity contribution in [3.8, 4) is 22.6 Å². The Labute approximate surface area is 260 Å². The van der Waals surface area contributed by atoms with E-state index in [0.29, 0.717) is 26.4 Å². The molecule has 0 N–H and O–H groups in total. The summed E-state index contributed by atoms with van der Waals surface area (Å²) >= 11 is 0. The molecule has 0 fully saturated rings. The first-order valence-electron chi connectivity index (χ1n) is 15.5. The smallest absolute Gasteiger partial charge is 0.330 e. The van der Waals surface area contributed by atoms with Gasteiger partial charge in [0.2, 0.25) is 0 Å². The standard InChI is InChI=1S/C38H42O6/c1-3-37(39)43-25-11-7-5-9-23-41-31-21-19-29-15-13-17-33(35(29)27-31)34-18-14-16-30-20-22-32(28-36(30)34)42-24-10-6-8-12-26-44-38(40)4-2/h3-4,13-22,27-28H,1-2,5-12,23-26H2. The predicted molar refractivity (Wildman–Crippen MR) is 177 cm³/mol. The van der Waals surface area contributed by atoms with E-state index in [1.165, 1.54) is 12.2 Å². The number of carbonyl (C=O) groups excluding carboxylic acids is 2. The predicted octanol–water partition coefficient (Wildman–Crippen LogP) is 9.00. The molecule has 0 aliphatic heterocycles. The molecule has 0 aromatic heterocycles. The number of ether oxygens (including phenoxy) is 4. The number of benzene rings is 4. The van der Waals surface area contributed by atoms with Crippen LogP contribution in [0, 0.1) is 0 Å². The highest BCUT2D eigenvalue weighted by Crippen LogP contribution is 2.36. The molecule has 0 aliphatic carbocycles. The molecule has 0 bridgehead atoms. The zero-order valence-electron chi connectivity index (χ0n) is 25.4. The SMILES string of the molecule is C=CC(=O)OCCCCCCOc1ccc2cccc(-c3cccc4ccc(OCCCCCCOC(=O)C=C)cc34)c2c1. The zero-order chi connectivity index (χ0) is 31.0. The zero-order valence-corrected chi connectivity index (χ0v) is 25.4. The van der Waals surface area contributed by atoms with Crippen molar-refractivity contribution >= 4 is 33.5 Å². The van der Waals surface area contributed by atoms with E-state index in [-0.39, 0.29) is 11.9 Å². The van der Waals surface area contributed by atoms with E-state index >= 15 is 0 Å². The first-order valence-corrected chi connectivity index (χ1v) is 15.5. The number of rotatable bonds is 19. The second-order valence-electron chi connectivity index (χ2n) is 10.6. The van der Waals surface area contributed by atoms with Crippen LogP contribution in [0.2, 0.25) is 0 Å². The molecule has 44 heavy (non-hydrogen) atoms. The molecule has 0 atom stereocenters. The summed E-state index contributed by atoms with van der Waals surface area (Å²) in [6, 6.07) is 25.4. The Hall–Kier alpha value is -4.58. The quantitative estimate of drug-likeness (QED) is 0.0613. The summed E-state index contributed by atoms with van der Waals surface area (Å²) in [7, 11) is 0. The van der Waals surface area contributed by atoms with Gasteiger partial charge in [-0.3, -0.25) is 0 Å². The van der Waals surface area contributed by atoms with Crippen LogP contribution >= 0.6 is 0 Å². The molecule has 4 rings (SSSR count). The Morgan fingerprint density at radius 2 is 0.932 bits per heavy atom. The van der Waals surface area contributed by atoms with E-state index in [1.807, 2.05) is 12.1 Å². The Bertz CT molecular complexity index is 1440. The lowest BCUT2D eigenvalue weighted by atomic mass is 9.94. The van der Waals surface area contributed by atoms with Crippen LogP contribution in [0.3, 0.4) is 0 Å². The van der Waals surface area contributed by atoms with E-state index in [0.717, 1.165) is 95.5 Å². The van der Waals surface area contributed by atoms with Gasteiger partial charge in [0, 0.05) is 12.2 Å². The normalized spacial score (nSPS) is 10.8. The van der Waals surface area contributed by atoms with E-state index < -0.39 is 0 Å². The van der Waals surface area contributed by atoms with E-state index in [9.17, 15) is 9.59 Å². The fourth-order valence-corrected chi connectivity index (χ4v) is 5.11. The van der Waals surface area contributed by atoms with Crippen LogP contribution in [0.25, 0.3) is 32.7 Å². The third-order valence-corrected chi connectivity index (χ3v) is 7.43. The van der Waals surface area contributed by atoms with Crippen LogP contribution in [0.4, 0.5) is 0 Å². The van der Waals surface area contributed by atoms with Gasteiger partial charge in [0.1, 0.15) is 11.5 Å². The molecule has 0 radical (unpaired) electrons. The highest BCUT2D eigenvalue weighted by atomic mass is 16.5. The van der Waals surface area contributed by atoms with Crippen LogP contribution in [0.5, 0.6) is 11.5 Å². The lowest BCUT2D eigenvalue weighted by Gasteiger charge is -2.14. The first-order chi connectivity index (χ1) is 21.6. The molecule has 0 amide bonds. The minimum atomic E-state index is -0.369. The van der Waals surface area contributed by atoms with Crippen molar-refractivity contribution in [3.63, 3.8) is 0 Å². The number of fused-ring (bicyclic) bond motifs is 2. The van der Waals surface area contributed by atoms with Gasteiger partial charge in [-0.1, -0.05) is 61.7 Å². The van der Waals surface area contributed by atoms with Gasteiger partial charge in [-0.25, -0.2) is 9.59 Å². The monoisotopic (exact) mass is 594 g/mol. The second-order valence-corrected chi connectivity index (χ2v) is 10.6. The number of esters is 2. The molecular formula is C38H42O6. The van der Waals surface area contributed by atoms with Crippen molar-refractivity contribution in [2.75, 3.05) is 26.4 Å². The lowest BCUT2D eigenvalue weighted by Crippen LogP contribution is -2.02. The molecule has 4 aromatic carbocycles. The van der Waals surface area contributed by atoms with E-state index in [1.54, 1.807) is 0 Å². The number of hydrogen-bond acceptors (Lipinski definition) is 6. The van der Waals surface area contributed by atoms with E-state index in [4.69, 9.17) is 18.9 Å². The Kier molecular flexibility index (Phi) is 12.9. The summed E-state index contributed by atoms with van der Waals surface area (Å²) in [6.45, 7) is 8.94. The number of unbranched alkanes of at least 4 members (excludes halogenated alkanes) is 6. The number of carbonyl (C=O) groups is 2. The fourth-order valence-electron chi connectivity index (χ4n) is 5.11. The van der Waals surface area contributed by atoms with Crippen molar-refractivity contribution in [1.29, 1.82) is 0 Å². The van der Waals surface area contributed by atoms with Crippen LogP contribution < -0.4 is 9.47 Å². The average molecular weight is 595 g/mol. The molecule has 0 unspecified atom stereocenters.